The van der Waals surface area contributed by atoms with Crippen LogP contribution in [-0.2, 0) is 19.2 Å². The molecule has 2 aliphatic heterocycles. The molecule has 4 amide bonds. The van der Waals surface area contributed by atoms with Crippen LogP contribution in [0.3, 0.4) is 0 Å². The van der Waals surface area contributed by atoms with Crippen LogP contribution in [0.1, 0.15) is 53.4 Å². The Morgan fingerprint density at radius 3 is 1.00 bits per heavy atom. The summed E-state index contributed by atoms with van der Waals surface area (Å²) in [4.78, 5) is 50.3. The molecule has 0 aliphatic carbocycles. The van der Waals surface area contributed by atoms with E-state index < -0.39 is 0 Å². The van der Waals surface area contributed by atoms with Gasteiger partial charge in [0.1, 0.15) is 0 Å². The van der Waals surface area contributed by atoms with Crippen molar-refractivity contribution in [1.82, 2.24) is 9.80 Å². The number of unbranched alkanes of at least 4 members (excludes halogenated alkanes) is 3. The first-order valence-corrected chi connectivity index (χ1v) is 8.34. The molecule has 0 spiro atoms. The summed E-state index contributed by atoms with van der Waals surface area (Å²) >= 11 is 0. The molecule has 0 N–H and O–H groups in total. The largest absolute Gasteiger partial charge is 0.275 e. The molecule has 2 heterocycles. The molecule has 24 heavy (non-hydrogen) atoms. The second kappa shape index (κ2) is 7.11. The highest BCUT2D eigenvalue weighted by Gasteiger charge is 2.33. The van der Waals surface area contributed by atoms with Gasteiger partial charge in [0.2, 0.25) is 0 Å². The molecule has 0 aromatic heterocycles. The molecule has 130 valence electrons. The van der Waals surface area contributed by atoms with Crippen molar-refractivity contribution in [2.45, 2.75) is 53.4 Å². The number of amides is 4. The minimum absolute atomic E-state index is 0.192. The van der Waals surface area contributed by atoms with Crippen molar-refractivity contribution >= 4 is 23.6 Å². The number of rotatable bonds is 7. The van der Waals surface area contributed by atoms with Gasteiger partial charge in [0.25, 0.3) is 23.6 Å². The van der Waals surface area contributed by atoms with Crippen molar-refractivity contribution < 1.29 is 19.2 Å². The van der Waals surface area contributed by atoms with Crippen LogP contribution in [-0.4, -0.2) is 46.5 Å². The lowest BCUT2D eigenvalue weighted by Gasteiger charge is -2.16. The first-order chi connectivity index (χ1) is 11.3. The number of hydrogen-bond acceptors (Lipinski definition) is 4. The topological polar surface area (TPSA) is 74.8 Å². The fourth-order valence-electron chi connectivity index (χ4n) is 2.94. The summed E-state index contributed by atoms with van der Waals surface area (Å²) in [5, 5.41) is 0. The van der Waals surface area contributed by atoms with Crippen LogP contribution < -0.4 is 0 Å². The van der Waals surface area contributed by atoms with E-state index in [-0.39, 0.29) is 23.6 Å². The number of imide groups is 2. The molecule has 0 bridgehead atoms. The van der Waals surface area contributed by atoms with Gasteiger partial charge in [-0.25, -0.2) is 0 Å². The summed E-state index contributed by atoms with van der Waals surface area (Å²) < 4.78 is 0. The van der Waals surface area contributed by atoms with E-state index in [4.69, 9.17) is 0 Å². The molecule has 0 saturated carbocycles. The summed E-state index contributed by atoms with van der Waals surface area (Å²) in [6.45, 7) is 7.56. The van der Waals surface area contributed by atoms with Gasteiger partial charge in [-0.15, -0.1) is 0 Å². The van der Waals surface area contributed by atoms with Gasteiger partial charge in [-0.05, 0) is 40.5 Å². The van der Waals surface area contributed by atoms with Gasteiger partial charge in [0.15, 0.2) is 0 Å². The zero-order chi connectivity index (χ0) is 18.0. The van der Waals surface area contributed by atoms with E-state index in [1.54, 1.807) is 27.7 Å². The van der Waals surface area contributed by atoms with E-state index >= 15 is 0 Å². The molecule has 0 radical (unpaired) electrons. The summed E-state index contributed by atoms with van der Waals surface area (Å²) in [5.41, 5.74) is 2.13. The van der Waals surface area contributed by atoms with Crippen LogP contribution in [0.2, 0.25) is 0 Å². The average molecular weight is 332 g/mol. The maximum atomic E-state index is 11.9. The number of nitrogens with zero attached hydrogens (tertiary/aromatic N) is 2. The second-order valence-electron chi connectivity index (χ2n) is 6.44. The van der Waals surface area contributed by atoms with Crippen LogP contribution in [0.5, 0.6) is 0 Å². The van der Waals surface area contributed by atoms with Crippen molar-refractivity contribution in [2.75, 3.05) is 13.1 Å². The minimum Gasteiger partial charge on any atom is -0.275 e. The monoisotopic (exact) mass is 332 g/mol. The summed E-state index contributed by atoms with van der Waals surface area (Å²) in [5.74, 6) is -0.767. The van der Waals surface area contributed by atoms with Gasteiger partial charge in [-0.3, -0.25) is 29.0 Å². The molecule has 2 aliphatic rings. The molecule has 0 saturated heterocycles. The summed E-state index contributed by atoms with van der Waals surface area (Å²) in [6, 6.07) is 0. The maximum absolute atomic E-state index is 11.9. The molecule has 2 rings (SSSR count). The van der Waals surface area contributed by atoms with Crippen molar-refractivity contribution in [3.63, 3.8) is 0 Å². The molecule has 6 nitrogen and oxygen atoms in total. The van der Waals surface area contributed by atoms with Gasteiger partial charge >= 0.3 is 0 Å². The Morgan fingerprint density at radius 2 is 0.750 bits per heavy atom. The van der Waals surface area contributed by atoms with E-state index in [1.807, 2.05) is 0 Å². The fourth-order valence-corrected chi connectivity index (χ4v) is 2.94. The Morgan fingerprint density at radius 1 is 0.500 bits per heavy atom. The highest BCUT2D eigenvalue weighted by Crippen LogP contribution is 2.21. The Bertz CT molecular complexity index is 567. The predicted octanol–water partition coefficient (Wildman–Crippen LogP) is 1.96. The first kappa shape index (κ1) is 18.1. The van der Waals surface area contributed by atoms with E-state index in [1.165, 1.54) is 9.80 Å². The number of hydrogen-bond donors (Lipinski definition) is 0. The van der Waals surface area contributed by atoms with Crippen LogP contribution in [0.15, 0.2) is 22.3 Å². The van der Waals surface area contributed by atoms with Crippen LogP contribution in [0.4, 0.5) is 0 Å². The normalized spacial score (nSPS) is 18.8. The molecule has 0 fully saturated rings. The van der Waals surface area contributed by atoms with Crippen molar-refractivity contribution in [1.29, 1.82) is 0 Å². The summed E-state index contributed by atoms with van der Waals surface area (Å²) in [7, 11) is 0. The van der Waals surface area contributed by atoms with Crippen molar-refractivity contribution in [3.8, 4) is 0 Å². The zero-order valence-electron chi connectivity index (χ0n) is 14.8. The van der Waals surface area contributed by atoms with Gasteiger partial charge in [-0.1, -0.05) is 12.8 Å². The molecular formula is C18H24N2O4. The van der Waals surface area contributed by atoms with E-state index in [0.717, 1.165) is 25.7 Å². The minimum atomic E-state index is -0.192. The molecule has 0 aromatic carbocycles. The third-order valence-electron chi connectivity index (χ3n) is 4.90. The SMILES string of the molecule is CC1=C(C)C(=O)N(CCCCCCN2C(=O)C(C)=C(C)C2=O)C1=O. The Balaban J connectivity index is 1.67. The van der Waals surface area contributed by atoms with Gasteiger partial charge in [0, 0.05) is 35.4 Å². The smallest absolute Gasteiger partial charge is 0.256 e. The molecular weight excluding hydrogens is 308 g/mol. The van der Waals surface area contributed by atoms with Gasteiger partial charge in [-0.2, -0.15) is 0 Å². The third kappa shape index (κ3) is 3.18. The third-order valence-corrected chi connectivity index (χ3v) is 4.90. The van der Waals surface area contributed by atoms with Gasteiger partial charge in [0.05, 0.1) is 0 Å². The highest BCUT2D eigenvalue weighted by molar-refractivity contribution is 6.19. The lowest BCUT2D eigenvalue weighted by Crippen LogP contribution is -2.33. The van der Waals surface area contributed by atoms with E-state index in [9.17, 15) is 19.2 Å². The van der Waals surface area contributed by atoms with Crippen LogP contribution in [0, 0.1) is 0 Å². The lowest BCUT2D eigenvalue weighted by atomic mass is 10.2. The first-order valence-electron chi connectivity index (χ1n) is 8.34. The van der Waals surface area contributed by atoms with E-state index in [0.29, 0.717) is 35.4 Å². The Kier molecular flexibility index (Phi) is 5.36. The zero-order valence-corrected chi connectivity index (χ0v) is 14.8. The number of carbonyl (C=O) groups excluding carboxylic acids is 4. The lowest BCUT2D eigenvalue weighted by molar-refractivity contribution is -0.139. The number of carbonyl (C=O) groups is 4. The molecule has 0 unspecified atom stereocenters. The fraction of sp³-hybridized carbons (Fsp3) is 0.556. The molecule has 0 atom stereocenters. The average Bonchev–Trinajstić information content (AvgIpc) is 2.86. The van der Waals surface area contributed by atoms with Crippen LogP contribution >= 0.6 is 0 Å². The maximum Gasteiger partial charge on any atom is 0.256 e. The van der Waals surface area contributed by atoms with E-state index in [2.05, 4.69) is 0 Å². The molecule has 0 aromatic rings. The van der Waals surface area contributed by atoms with Crippen LogP contribution in [0.25, 0.3) is 0 Å². The summed E-state index contributed by atoms with van der Waals surface area (Å²) in [6.07, 6.45) is 3.15. The second-order valence-corrected chi connectivity index (χ2v) is 6.44. The molecule has 6 heteroatoms. The van der Waals surface area contributed by atoms with Gasteiger partial charge < -0.3 is 0 Å². The standard InChI is InChI=1S/C18H24N2O4/c1-11-12(2)16(22)19(15(11)21)9-7-5-6-8-10-20-17(23)13(3)14(4)18(20)24/h5-10H2,1-4H3. The quantitative estimate of drug-likeness (QED) is 0.527. The predicted molar refractivity (Wildman–Crippen MR) is 88.7 cm³/mol. The van der Waals surface area contributed by atoms with Crippen molar-refractivity contribution in [2.24, 2.45) is 0 Å². The highest BCUT2D eigenvalue weighted by atomic mass is 16.2. The van der Waals surface area contributed by atoms with Crippen molar-refractivity contribution in [3.05, 3.63) is 22.3 Å². The Hall–Kier alpha value is -2.24. The Labute approximate surface area is 142 Å².